The average molecular weight is 454 g/mol. The summed E-state index contributed by atoms with van der Waals surface area (Å²) in [4.78, 5) is 15.5. The smallest absolute Gasteiger partial charge is 0.462 e. The molecule has 0 spiro atoms. The van der Waals surface area contributed by atoms with Crippen molar-refractivity contribution in [1.82, 2.24) is 4.98 Å². The molecule has 1 aromatic heterocycles. The third-order valence-electron chi connectivity index (χ3n) is 1.92. The number of alkyl halides is 4. The highest BCUT2D eigenvalue weighted by Gasteiger charge is 2.35. The number of carbonyl (C=O) groups excluding carboxylic acids is 1. The van der Waals surface area contributed by atoms with E-state index in [-0.39, 0.29) is 23.1 Å². The summed E-state index contributed by atoms with van der Waals surface area (Å²) < 4.78 is 46.1. The second-order valence-electron chi connectivity index (χ2n) is 3.17. The first kappa shape index (κ1) is 16.5. The number of aromatic nitrogens is 1. The van der Waals surface area contributed by atoms with E-state index in [4.69, 9.17) is 0 Å². The molecule has 0 amide bonds. The summed E-state index contributed by atoms with van der Waals surface area (Å²) in [6.45, 7) is 1.59. The van der Waals surface area contributed by atoms with Crippen LogP contribution in [0.5, 0.6) is 5.75 Å². The van der Waals surface area contributed by atoms with Gasteiger partial charge in [-0.2, -0.15) is 0 Å². The highest BCUT2D eigenvalue weighted by molar-refractivity contribution is 14.1. The number of ether oxygens (including phenoxy) is 2. The second kappa shape index (κ2) is 6.73. The quantitative estimate of drug-likeness (QED) is 0.302. The van der Waals surface area contributed by atoms with Crippen LogP contribution in [0.1, 0.15) is 22.8 Å². The molecule has 0 radical (unpaired) electrons. The molecule has 1 heterocycles. The standard InChI is InChI=1S/C10H8BrF3INO3/c1-2-18-9(17)6-4-16-8(15)5(3-11)7(6)19-10(12,13)14/h4H,2-3H2,1H3. The average Bonchev–Trinajstić information content (AvgIpc) is 2.27. The molecule has 0 atom stereocenters. The maximum absolute atomic E-state index is 12.4. The molecule has 0 fully saturated rings. The van der Waals surface area contributed by atoms with Crippen LogP contribution < -0.4 is 4.74 Å². The molecule has 0 saturated carbocycles. The molecule has 106 valence electrons. The van der Waals surface area contributed by atoms with Gasteiger partial charge in [-0.1, -0.05) is 15.9 Å². The Bertz CT molecular complexity index is 482. The molecule has 4 nitrogen and oxygen atoms in total. The summed E-state index contributed by atoms with van der Waals surface area (Å²) in [6, 6.07) is 0. The second-order valence-corrected chi connectivity index (χ2v) is 4.75. The Labute approximate surface area is 128 Å². The lowest BCUT2D eigenvalue weighted by atomic mass is 10.2. The van der Waals surface area contributed by atoms with E-state index in [2.05, 4.69) is 30.4 Å². The van der Waals surface area contributed by atoms with Gasteiger partial charge < -0.3 is 9.47 Å². The van der Waals surface area contributed by atoms with Crippen molar-refractivity contribution in [2.24, 2.45) is 0 Å². The number of carbonyl (C=O) groups is 1. The molecule has 9 heteroatoms. The first-order valence-corrected chi connectivity index (χ1v) is 7.16. The number of pyridine rings is 1. The minimum absolute atomic E-state index is 0.0416. The molecule has 0 bridgehead atoms. The van der Waals surface area contributed by atoms with E-state index in [1.807, 2.05) is 0 Å². The van der Waals surface area contributed by atoms with Crippen molar-refractivity contribution in [2.75, 3.05) is 6.61 Å². The summed E-state index contributed by atoms with van der Waals surface area (Å²) in [5, 5.41) is 0.0664. The number of esters is 1. The van der Waals surface area contributed by atoms with Gasteiger partial charge in [0, 0.05) is 17.1 Å². The molecule has 19 heavy (non-hydrogen) atoms. The van der Waals surface area contributed by atoms with E-state index in [0.29, 0.717) is 3.70 Å². The van der Waals surface area contributed by atoms with E-state index in [0.717, 1.165) is 6.20 Å². The van der Waals surface area contributed by atoms with Crippen molar-refractivity contribution in [1.29, 1.82) is 0 Å². The summed E-state index contributed by atoms with van der Waals surface area (Å²) in [5.74, 6) is -1.49. The van der Waals surface area contributed by atoms with Crippen LogP contribution in [-0.2, 0) is 10.1 Å². The van der Waals surface area contributed by atoms with E-state index in [1.54, 1.807) is 29.5 Å². The fourth-order valence-corrected chi connectivity index (χ4v) is 2.84. The zero-order chi connectivity index (χ0) is 14.6. The lowest BCUT2D eigenvalue weighted by Crippen LogP contribution is -2.21. The van der Waals surface area contributed by atoms with Crippen molar-refractivity contribution in [3.05, 3.63) is 21.0 Å². The monoisotopic (exact) mass is 453 g/mol. The molecule has 1 aromatic rings. The molecule has 0 saturated heterocycles. The number of rotatable bonds is 4. The van der Waals surface area contributed by atoms with Crippen LogP contribution in [0.4, 0.5) is 13.2 Å². The first-order chi connectivity index (χ1) is 8.80. The SMILES string of the molecule is CCOC(=O)c1cnc(I)c(CBr)c1OC(F)(F)F. The predicted molar refractivity (Wildman–Crippen MR) is 72.2 cm³/mol. The fraction of sp³-hybridized carbons (Fsp3) is 0.400. The topological polar surface area (TPSA) is 48.4 Å². The lowest BCUT2D eigenvalue weighted by Gasteiger charge is -2.16. The third kappa shape index (κ3) is 4.48. The Morgan fingerprint density at radius 3 is 2.63 bits per heavy atom. The van der Waals surface area contributed by atoms with Crippen molar-refractivity contribution in [3.63, 3.8) is 0 Å². The predicted octanol–water partition coefficient (Wildman–Crippen LogP) is 3.66. The lowest BCUT2D eigenvalue weighted by molar-refractivity contribution is -0.275. The van der Waals surface area contributed by atoms with Crippen molar-refractivity contribution in [3.8, 4) is 5.75 Å². The Balaban J connectivity index is 3.34. The summed E-state index contributed by atoms with van der Waals surface area (Å²) in [6.07, 6.45) is -3.89. The molecular formula is C10H8BrF3INO3. The Morgan fingerprint density at radius 2 is 2.16 bits per heavy atom. The minimum atomic E-state index is -4.90. The summed E-state index contributed by atoms with van der Waals surface area (Å²) in [7, 11) is 0. The van der Waals surface area contributed by atoms with Crippen molar-refractivity contribution in [2.45, 2.75) is 18.6 Å². The Hall–Kier alpha value is -0.580. The van der Waals surface area contributed by atoms with E-state index >= 15 is 0 Å². The van der Waals surface area contributed by atoms with Gasteiger partial charge in [0.2, 0.25) is 0 Å². The van der Waals surface area contributed by atoms with Crippen molar-refractivity contribution >= 4 is 44.5 Å². The van der Waals surface area contributed by atoms with Gasteiger partial charge in [0.15, 0.2) is 5.75 Å². The number of hydrogen-bond acceptors (Lipinski definition) is 4. The summed E-state index contributed by atoms with van der Waals surface area (Å²) in [5.41, 5.74) is -0.211. The molecule has 0 aliphatic heterocycles. The van der Waals surface area contributed by atoms with Crippen LogP contribution in [0, 0.1) is 3.70 Å². The zero-order valence-corrected chi connectivity index (χ0v) is 13.3. The minimum Gasteiger partial charge on any atom is -0.462 e. The molecule has 1 rings (SSSR count). The number of hydrogen-bond donors (Lipinski definition) is 0. The Kier molecular flexibility index (Phi) is 5.83. The van der Waals surface area contributed by atoms with Crippen molar-refractivity contribution < 1.29 is 27.4 Å². The fourth-order valence-electron chi connectivity index (χ4n) is 1.22. The molecule has 0 unspecified atom stereocenters. The molecule has 0 aliphatic carbocycles. The molecule has 0 aliphatic rings. The maximum atomic E-state index is 12.4. The maximum Gasteiger partial charge on any atom is 0.573 e. The number of nitrogens with zero attached hydrogens (tertiary/aromatic N) is 1. The van der Waals surface area contributed by atoms with Crippen LogP contribution in [0.25, 0.3) is 0 Å². The van der Waals surface area contributed by atoms with Gasteiger partial charge in [-0.3, -0.25) is 0 Å². The van der Waals surface area contributed by atoms with Gasteiger partial charge in [0.1, 0.15) is 9.26 Å². The van der Waals surface area contributed by atoms with Crippen LogP contribution in [0.15, 0.2) is 6.20 Å². The van der Waals surface area contributed by atoms with Gasteiger partial charge in [-0.05, 0) is 29.5 Å². The van der Waals surface area contributed by atoms with Crippen LogP contribution in [0.3, 0.4) is 0 Å². The number of halogens is 5. The van der Waals surface area contributed by atoms with Gasteiger partial charge in [0.05, 0.1) is 6.61 Å². The molecular weight excluding hydrogens is 446 g/mol. The molecule has 0 aromatic carbocycles. The van der Waals surface area contributed by atoms with Gasteiger partial charge in [0.25, 0.3) is 0 Å². The highest BCUT2D eigenvalue weighted by Crippen LogP contribution is 2.33. The molecule has 0 N–H and O–H groups in total. The van der Waals surface area contributed by atoms with Gasteiger partial charge in [-0.25, -0.2) is 9.78 Å². The van der Waals surface area contributed by atoms with Gasteiger partial charge in [-0.15, -0.1) is 13.2 Å². The zero-order valence-electron chi connectivity index (χ0n) is 9.55. The van der Waals surface area contributed by atoms with E-state index < -0.39 is 18.1 Å². The van der Waals surface area contributed by atoms with Crippen LogP contribution in [0.2, 0.25) is 0 Å². The summed E-state index contributed by atoms with van der Waals surface area (Å²) >= 11 is 4.80. The van der Waals surface area contributed by atoms with Crippen LogP contribution in [-0.4, -0.2) is 23.9 Å². The largest absolute Gasteiger partial charge is 0.573 e. The highest BCUT2D eigenvalue weighted by atomic mass is 127. The Morgan fingerprint density at radius 1 is 1.53 bits per heavy atom. The first-order valence-electron chi connectivity index (χ1n) is 4.96. The van der Waals surface area contributed by atoms with E-state index in [1.165, 1.54) is 0 Å². The van der Waals surface area contributed by atoms with Crippen LogP contribution >= 0.6 is 38.5 Å². The van der Waals surface area contributed by atoms with E-state index in [9.17, 15) is 18.0 Å². The van der Waals surface area contributed by atoms with Gasteiger partial charge >= 0.3 is 12.3 Å². The third-order valence-corrected chi connectivity index (χ3v) is 3.41. The normalized spacial score (nSPS) is 11.3.